The second-order valence-electron chi connectivity index (χ2n) is 12.5. The molecule has 0 amide bonds. The fourth-order valence-electron chi connectivity index (χ4n) is 6.45. The summed E-state index contributed by atoms with van der Waals surface area (Å²) in [5.74, 6) is 1.51. The van der Waals surface area contributed by atoms with Gasteiger partial charge in [-0.15, -0.1) is 0 Å². The number of aliphatic hydroxyl groups is 1. The average Bonchev–Trinajstić information content (AvgIpc) is 3.14. The van der Waals surface area contributed by atoms with Gasteiger partial charge in [-0.05, 0) is 84.6 Å². The van der Waals surface area contributed by atoms with E-state index in [1.807, 2.05) is 0 Å². The standard InChI is InChI=1S/C30H43N3O/c1-20-9-12-26(28(20)34)31-22-13-17-33(18-14-22)27-8-6-7-25(32-27)21-10-11-23-24(19-21)30(4,5)16-15-29(23,2)3/h6-8,10-11,19-20,22,26,28,31,34H,9,12-18H2,1-5H3. The van der Waals surface area contributed by atoms with Gasteiger partial charge in [0.15, 0.2) is 0 Å². The zero-order valence-electron chi connectivity index (χ0n) is 21.8. The molecule has 1 aromatic carbocycles. The highest BCUT2D eigenvalue weighted by Crippen LogP contribution is 2.46. The van der Waals surface area contributed by atoms with E-state index in [0.717, 1.165) is 50.3 Å². The Morgan fingerprint density at radius 2 is 1.62 bits per heavy atom. The largest absolute Gasteiger partial charge is 0.391 e. The maximum Gasteiger partial charge on any atom is 0.129 e. The molecule has 2 aliphatic carbocycles. The topological polar surface area (TPSA) is 48.4 Å². The Morgan fingerprint density at radius 3 is 2.29 bits per heavy atom. The van der Waals surface area contributed by atoms with Gasteiger partial charge in [0.05, 0.1) is 11.8 Å². The molecule has 2 N–H and O–H groups in total. The van der Waals surface area contributed by atoms with Crippen molar-refractivity contribution in [3.8, 4) is 11.3 Å². The molecule has 184 valence electrons. The number of pyridine rings is 1. The molecule has 3 aliphatic rings. The van der Waals surface area contributed by atoms with Crippen molar-refractivity contribution in [2.45, 2.75) is 102 Å². The van der Waals surface area contributed by atoms with E-state index >= 15 is 0 Å². The van der Waals surface area contributed by atoms with Crippen molar-refractivity contribution >= 4 is 5.82 Å². The molecule has 3 unspecified atom stereocenters. The summed E-state index contributed by atoms with van der Waals surface area (Å²) in [5, 5.41) is 14.2. The molecular weight excluding hydrogens is 418 g/mol. The lowest BCUT2D eigenvalue weighted by Gasteiger charge is -2.42. The molecule has 4 heteroatoms. The van der Waals surface area contributed by atoms with Crippen molar-refractivity contribution in [3.05, 3.63) is 47.5 Å². The summed E-state index contributed by atoms with van der Waals surface area (Å²) < 4.78 is 0. The maximum atomic E-state index is 10.4. The lowest BCUT2D eigenvalue weighted by atomic mass is 9.63. The zero-order valence-corrected chi connectivity index (χ0v) is 21.8. The lowest BCUT2D eigenvalue weighted by Crippen LogP contribution is -2.49. The van der Waals surface area contributed by atoms with Crippen molar-refractivity contribution in [2.24, 2.45) is 5.92 Å². The Balaban J connectivity index is 1.30. The monoisotopic (exact) mass is 461 g/mol. The van der Waals surface area contributed by atoms with E-state index in [1.54, 1.807) is 0 Å². The van der Waals surface area contributed by atoms with Gasteiger partial charge in [0.25, 0.3) is 0 Å². The van der Waals surface area contributed by atoms with E-state index in [2.05, 4.69) is 81.2 Å². The highest BCUT2D eigenvalue weighted by molar-refractivity contribution is 5.65. The van der Waals surface area contributed by atoms with E-state index < -0.39 is 0 Å². The number of nitrogens with one attached hydrogen (secondary N) is 1. The van der Waals surface area contributed by atoms with E-state index in [1.165, 1.54) is 29.5 Å². The Labute approximate surface area is 206 Å². The predicted octanol–water partition coefficient (Wildman–Crippen LogP) is 5.82. The highest BCUT2D eigenvalue weighted by atomic mass is 16.3. The van der Waals surface area contributed by atoms with Crippen molar-refractivity contribution in [3.63, 3.8) is 0 Å². The molecule has 0 spiro atoms. The molecule has 3 atom stereocenters. The van der Waals surface area contributed by atoms with Gasteiger partial charge in [-0.2, -0.15) is 0 Å². The van der Waals surface area contributed by atoms with E-state index in [9.17, 15) is 5.11 Å². The fraction of sp³-hybridized carbons (Fsp3) is 0.633. The fourth-order valence-corrected chi connectivity index (χ4v) is 6.45. The third-order valence-electron chi connectivity index (χ3n) is 9.08. The number of hydrogen-bond acceptors (Lipinski definition) is 4. The number of anilines is 1. The number of hydrogen-bond donors (Lipinski definition) is 2. The van der Waals surface area contributed by atoms with Crippen molar-refractivity contribution in [1.82, 2.24) is 10.3 Å². The first kappa shape index (κ1) is 23.8. The summed E-state index contributed by atoms with van der Waals surface area (Å²) in [6.45, 7) is 13.7. The van der Waals surface area contributed by atoms with Gasteiger partial charge < -0.3 is 15.3 Å². The summed E-state index contributed by atoms with van der Waals surface area (Å²) >= 11 is 0. The Bertz CT molecular complexity index is 1020. The molecule has 5 rings (SSSR count). The zero-order chi connectivity index (χ0) is 24.1. The number of benzene rings is 1. The number of nitrogens with zero attached hydrogens (tertiary/aromatic N) is 2. The summed E-state index contributed by atoms with van der Waals surface area (Å²) in [6.07, 6.45) is 6.71. The van der Waals surface area contributed by atoms with Crippen LogP contribution in [-0.4, -0.2) is 41.4 Å². The minimum atomic E-state index is -0.191. The second kappa shape index (κ2) is 8.95. The smallest absolute Gasteiger partial charge is 0.129 e. The van der Waals surface area contributed by atoms with Crippen molar-refractivity contribution < 1.29 is 5.11 Å². The average molecular weight is 462 g/mol. The molecule has 4 nitrogen and oxygen atoms in total. The van der Waals surface area contributed by atoms with Crippen LogP contribution in [0.1, 0.15) is 84.3 Å². The van der Waals surface area contributed by atoms with Gasteiger partial charge >= 0.3 is 0 Å². The van der Waals surface area contributed by atoms with Crippen LogP contribution in [0.15, 0.2) is 36.4 Å². The summed E-state index contributed by atoms with van der Waals surface area (Å²) in [7, 11) is 0. The van der Waals surface area contributed by atoms with Crippen LogP contribution >= 0.6 is 0 Å². The van der Waals surface area contributed by atoms with Crippen LogP contribution in [0.5, 0.6) is 0 Å². The van der Waals surface area contributed by atoms with Crippen LogP contribution in [-0.2, 0) is 10.8 Å². The first-order chi connectivity index (χ1) is 16.1. The van der Waals surface area contributed by atoms with Gasteiger partial charge in [-0.3, -0.25) is 0 Å². The third kappa shape index (κ3) is 4.52. The second-order valence-corrected chi connectivity index (χ2v) is 12.5. The minimum Gasteiger partial charge on any atom is -0.391 e. The Morgan fingerprint density at radius 1 is 0.912 bits per heavy atom. The van der Waals surface area contributed by atoms with E-state index in [0.29, 0.717) is 12.0 Å². The Hall–Kier alpha value is -1.91. The normalized spacial score (nSPS) is 28.6. The molecule has 0 radical (unpaired) electrons. The van der Waals surface area contributed by atoms with Crippen LogP contribution in [0, 0.1) is 5.92 Å². The van der Waals surface area contributed by atoms with Crippen LogP contribution < -0.4 is 10.2 Å². The molecule has 0 bridgehead atoms. The molecule has 2 aromatic rings. The summed E-state index contributed by atoms with van der Waals surface area (Å²) in [5.41, 5.74) is 5.74. The number of rotatable bonds is 4. The van der Waals surface area contributed by atoms with E-state index in [-0.39, 0.29) is 23.0 Å². The predicted molar refractivity (Wildman–Crippen MR) is 142 cm³/mol. The van der Waals surface area contributed by atoms with Crippen molar-refractivity contribution in [2.75, 3.05) is 18.0 Å². The van der Waals surface area contributed by atoms with Gasteiger partial charge in [-0.25, -0.2) is 4.98 Å². The lowest BCUT2D eigenvalue weighted by molar-refractivity contribution is 0.106. The quantitative estimate of drug-likeness (QED) is 0.603. The summed E-state index contributed by atoms with van der Waals surface area (Å²) in [6, 6.07) is 14.3. The summed E-state index contributed by atoms with van der Waals surface area (Å²) in [4.78, 5) is 7.55. The number of fused-ring (bicyclic) bond motifs is 1. The Kier molecular flexibility index (Phi) is 6.27. The number of aromatic nitrogens is 1. The first-order valence-corrected chi connectivity index (χ1v) is 13.5. The van der Waals surface area contributed by atoms with Gasteiger partial charge in [-0.1, -0.05) is 52.8 Å². The van der Waals surface area contributed by atoms with Crippen LogP contribution in [0.25, 0.3) is 11.3 Å². The maximum absolute atomic E-state index is 10.4. The van der Waals surface area contributed by atoms with Crippen LogP contribution in [0.4, 0.5) is 5.82 Å². The first-order valence-electron chi connectivity index (χ1n) is 13.5. The van der Waals surface area contributed by atoms with Crippen LogP contribution in [0.2, 0.25) is 0 Å². The molecular formula is C30H43N3O. The SMILES string of the molecule is CC1CCC(NC2CCN(c3cccc(-c4ccc5c(c4)C(C)(C)CCC5(C)C)n3)CC2)C1O. The minimum absolute atomic E-state index is 0.191. The highest BCUT2D eigenvalue weighted by Gasteiger charge is 2.37. The van der Waals surface area contributed by atoms with Crippen LogP contribution in [0.3, 0.4) is 0 Å². The van der Waals surface area contributed by atoms with Gasteiger partial charge in [0.2, 0.25) is 0 Å². The molecule has 34 heavy (non-hydrogen) atoms. The van der Waals surface area contributed by atoms with Gasteiger partial charge in [0.1, 0.15) is 5.82 Å². The number of aliphatic hydroxyl groups excluding tert-OH is 1. The molecule has 1 aliphatic heterocycles. The van der Waals surface area contributed by atoms with E-state index in [4.69, 9.17) is 4.98 Å². The number of piperidine rings is 1. The van der Waals surface area contributed by atoms with Crippen molar-refractivity contribution in [1.29, 1.82) is 0 Å². The van der Waals surface area contributed by atoms with Gasteiger partial charge in [0, 0.05) is 30.7 Å². The third-order valence-corrected chi connectivity index (χ3v) is 9.08. The molecule has 1 aromatic heterocycles. The molecule has 2 fully saturated rings. The molecule has 1 saturated heterocycles. The molecule has 1 saturated carbocycles. The molecule has 2 heterocycles.